The van der Waals surface area contributed by atoms with E-state index in [2.05, 4.69) is 20.8 Å². The van der Waals surface area contributed by atoms with Crippen LogP contribution in [-0.4, -0.2) is 5.78 Å². The van der Waals surface area contributed by atoms with Crippen LogP contribution >= 0.6 is 0 Å². The Kier molecular flexibility index (Phi) is 4.03. The lowest BCUT2D eigenvalue weighted by atomic mass is 9.86. The summed E-state index contributed by atoms with van der Waals surface area (Å²) in [5.41, 5.74) is 2.81. The van der Waals surface area contributed by atoms with Gasteiger partial charge in [0.2, 0.25) is 0 Å². The van der Waals surface area contributed by atoms with Gasteiger partial charge in [-0.15, -0.1) is 0 Å². The molecule has 0 aliphatic heterocycles. The Balaban J connectivity index is 2.11. The predicted molar refractivity (Wildman–Crippen MR) is 79.6 cm³/mol. The number of carbonyl (C=O) groups is 1. The fraction of sp³-hybridized carbons (Fsp3) is 0.278. The first-order valence-electron chi connectivity index (χ1n) is 6.74. The zero-order chi connectivity index (χ0) is 14.8. The summed E-state index contributed by atoms with van der Waals surface area (Å²) in [7, 11) is 0. The molecule has 0 atom stereocenters. The molecule has 0 spiro atoms. The number of Topliss-reactive ketones (excluding diaryl/α,β-unsaturated/α-hetero) is 1. The molecule has 0 fully saturated rings. The van der Waals surface area contributed by atoms with Gasteiger partial charge in [0.25, 0.3) is 0 Å². The third-order valence-corrected chi connectivity index (χ3v) is 3.35. The molecule has 1 nitrogen and oxygen atoms in total. The highest BCUT2D eigenvalue weighted by Gasteiger charge is 2.14. The van der Waals surface area contributed by atoms with E-state index in [4.69, 9.17) is 0 Å². The van der Waals surface area contributed by atoms with Crippen molar-refractivity contribution in [3.63, 3.8) is 0 Å². The third-order valence-electron chi connectivity index (χ3n) is 3.35. The van der Waals surface area contributed by atoms with Gasteiger partial charge in [-0.1, -0.05) is 57.2 Å². The van der Waals surface area contributed by atoms with Crippen molar-refractivity contribution < 1.29 is 9.18 Å². The van der Waals surface area contributed by atoms with Gasteiger partial charge in [-0.25, -0.2) is 4.39 Å². The zero-order valence-corrected chi connectivity index (χ0v) is 12.1. The minimum absolute atomic E-state index is 0.0528. The molecule has 0 saturated heterocycles. The number of hydrogen-bond donors (Lipinski definition) is 0. The van der Waals surface area contributed by atoms with Crippen LogP contribution < -0.4 is 0 Å². The highest BCUT2D eigenvalue weighted by molar-refractivity contribution is 5.97. The Morgan fingerprint density at radius 1 is 0.950 bits per heavy atom. The van der Waals surface area contributed by atoms with E-state index in [-0.39, 0.29) is 17.0 Å². The largest absolute Gasteiger partial charge is 0.294 e. The van der Waals surface area contributed by atoms with Gasteiger partial charge >= 0.3 is 0 Å². The van der Waals surface area contributed by atoms with Crippen molar-refractivity contribution in [3.8, 4) is 0 Å². The van der Waals surface area contributed by atoms with Crippen molar-refractivity contribution in [2.24, 2.45) is 0 Å². The molecule has 2 aromatic carbocycles. The van der Waals surface area contributed by atoms with Crippen LogP contribution in [0.4, 0.5) is 4.39 Å². The monoisotopic (exact) mass is 270 g/mol. The molecule has 20 heavy (non-hydrogen) atoms. The van der Waals surface area contributed by atoms with Crippen LogP contribution in [0.5, 0.6) is 0 Å². The molecule has 0 bridgehead atoms. The molecule has 104 valence electrons. The number of halogens is 1. The molecule has 0 heterocycles. The molecule has 2 aromatic rings. The van der Waals surface area contributed by atoms with Gasteiger partial charge < -0.3 is 0 Å². The molecule has 0 aromatic heterocycles. The summed E-state index contributed by atoms with van der Waals surface area (Å²) < 4.78 is 12.8. The van der Waals surface area contributed by atoms with Gasteiger partial charge in [0.05, 0.1) is 0 Å². The summed E-state index contributed by atoms with van der Waals surface area (Å²) in [6, 6.07) is 13.8. The lowest BCUT2D eigenvalue weighted by molar-refractivity contribution is 0.0993. The van der Waals surface area contributed by atoms with Crippen molar-refractivity contribution in [1.29, 1.82) is 0 Å². The van der Waals surface area contributed by atoms with Gasteiger partial charge in [-0.3, -0.25) is 4.79 Å². The summed E-state index contributed by atoms with van der Waals surface area (Å²) in [5.74, 6) is -0.229. The van der Waals surface area contributed by atoms with Crippen LogP contribution in [0.3, 0.4) is 0 Å². The summed E-state index contributed by atoms with van der Waals surface area (Å²) >= 11 is 0. The Hall–Kier alpha value is -1.96. The Morgan fingerprint density at radius 3 is 2.00 bits per heavy atom. The number of rotatable bonds is 3. The maximum absolute atomic E-state index is 12.8. The number of carbonyl (C=O) groups excluding carboxylic acids is 1. The maximum Gasteiger partial charge on any atom is 0.167 e. The molecular formula is C18H19FO. The predicted octanol–water partition coefficient (Wildman–Crippen LogP) is 4.55. The van der Waals surface area contributed by atoms with Crippen molar-refractivity contribution in [3.05, 3.63) is 71.0 Å². The van der Waals surface area contributed by atoms with Crippen LogP contribution in [0.2, 0.25) is 0 Å². The molecule has 0 N–H and O–H groups in total. The minimum Gasteiger partial charge on any atom is -0.294 e. The number of hydrogen-bond acceptors (Lipinski definition) is 1. The first-order valence-corrected chi connectivity index (χ1v) is 6.74. The standard InChI is InChI=1S/C18H19FO/c1-18(2,3)15-8-6-14(7-9-15)17(20)12-13-4-10-16(19)11-5-13/h4-11H,12H2,1-3H3. The average Bonchev–Trinajstić information content (AvgIpc) is 2.40. The molecule has 0 unspecified atom stereocenters. The van der Waals surface area contributed by atoms with Gasteiger partial charge in [-0.05, 0) is 28.7 Å². The lowest BCUT2D eigenvalue weighted by Crippen LogP contribution is -2.11. The Morgan fingerprint density at radius 2 is 1.50 bits per heavy atom. The van der Waals surface area contributed by atoms with E-state index in [1.165, 1.54) is 17.7 Å². The van der Waals surface area contributed by atoms with Crippen LogP contribution in [-0.2, 0) is 11.8 Å². The highest BCUT2D eigenvalue weighted by atomic mass is 19.1. The van der Waals surface area contributed by atoms with Gasteiger partial charge in [0.1, 0.15) is 5.82 Å². The second-order valence-electron chi connectivity index (χ2n) is 6.05. The van der Waals surface area contributed by atoms with E-state index >= 15 is 0 Å². The number of ketones is 1. The van der Waals surface area contributed by atoms with Crippen LogP contribution in [0.1, 0.15) is 42.3 Å². The molecule has 0 amide bonds. The average molecular weight is 270 g/mol. The van der Waals surface area contributed by atoms with Crippen molar-refractivity contribution in [2.45, 2.75) is 32.6 Å². The third kappa shape index (κ3) is 3.53. The Bertz CT molecular complexity index is 589. The fourth-order valence-electron chi connectivity index (χ4n) is 2.05. The van der Waals surface area contributed by atoms with Crippen molar-refractivity contribution in [1.82, 2.24) is 0 Å². The molecule has 2 rings (SSSR count). The Labute approximate surface area is 119 Å². The lowest BCUT2D eigenvalue weighted by Gasteiger charge is -2.19. The molecule has 0 saturated carbocycles. The topological polar surface area (TPSA) is 17.1 Å². The smallest absolute Gasteiger partial charge is 0.167 e. The van der Waals surface area contributed by atoms with Crippen LogP contribution in [0.25, 0.3) is 0 Å². The normalized spacial score (nSPS) is 11.4. The second-order valence-corrected chi connectivity index (χ2v) is 6.05. The second kappa shape index (κ2) is 5.58. The molecule has 2 heteroatoms. The van der Waals surface area contributed by atoms with E-state index in [1.54, 1.807) is 12.1 Å². The fourth-order valence-corrected chi connectivity index (χ4v) is 2.05. The van der Waals surface area contributed by atoms with Gasteiger partial charge in [0.15, 0.2) is 5.78 Å². The molecule has 0 radical (unpaired) electrons. The van der Waals surface area contributed by atoms with E-state index in [0.29, 0.717) is 12.0 Å². The van der Waals surface area contributed by atoms with Crippen molar-refractivity contribution >= 4 is 5.78 Å². The number of benzene rings is 2. The van der Waals surface area contributed by atoms with E-state index < -0.39 is 0 Å². The quantitative estimate of drug-likeness (QED) is 0.748. The summed E-state index contributed by atoms with van der Waals surface area (Å²) in [6.45, 7) is 6.42. The van der Waals surface area contributed by atoms with E-state index in [0.717, 1.165) is 5.56 Å². The van der Waals surface area contributed by atoms with Crippen LogP contribution in [0.15, 0.2) is 48.5 Å². The van der Waals surface area contributed by atoms with Crippen molar-refractivity contribution in [2.75, 3.05) is 0 Å². The SMILES string of the molecule is CC(C)(C)c1ccc(C(=O)Cc2ccc(F)cc2)cc1. The van der Waals surface area contributed by atoms with Gasteiger partial charge in [-0.2, -0.15) is 0 Å². The molecule has 0 aliphatic rings. The highest BCUT2D eigenvalue weighted by Crippen LogP contribution is 2.22. The molecular weight excluding hydrogens is 251 g/mol. The molecule has 0 aliphatic carbocycles. The van der Waals surface area contributed by atoms with E-state index in [1.807, 2.05) is 24.3 Å². The van der Waals surface area contributed by atoms with Crippen LogP contribution in [0, 0.1) is 5.82 Å². The van der Waals surface area contributed by atoms with Gasteiger partial charge in [0, 0.05) is 12.0 Å². The van der Waals surface area contributed by atoms with E-state index in [9.17, 15) is 9.18 Å². The maximum atomic E-state index is 12.8. The summed E-state index contributed by atoms with van der Waals surface area (Å²) in [5, 5.41) is 0. The summed E-state index contributed by atoms with van der Waals surface area (Å²) in [4.78, 5) is 12.2. The minimum atomic E-state index is -0.282. The first-order chi connectivity index (χ1) is 9.36. The summed E-state index contributed by atoms with van der Waals surface area (Å²) in [6.07, 6.45) is 0.301. The zero-order valence-electron chi connectivity index (χ0n) is 12.1. The first kappa shape index (κ1) is 14.4.